The molecular formula is C21H28BF2NO5. The zero-order valence-electron chi connectivity index (χ0n) is 17.2. The molecule has 2 aliphatic heterocycles. The minimum absolute atomic E-state index is 0.214. The third-order valence-electron chi connectivity index (χ3n) is 5.53. The number of alkyl halides is 2. The summed E-state index contributed by atoms with van der Waals surface area (Å²) < 4.78 is 37.0. The molecular weight excluding hydrogens is 395 g/mol. The van der Waals surface area contributed by atoms with Crippen molar-refractivity contribution in [1.82, 2.24) is 4.90 Å². The quantitative estimate of drug-likeness (QED) is 0.512. The molecule has 0 spiro atoms. The van der Waals surface area contributed by atoms with Gasteiger partial charge in [0.1, 0.15) is 23.7 Å². The monoisotopic (exact) mass is 423 g/mol. The van der Waals surface area contributed by atoms with Gasteiger partial charge in [0.25, 0.3) is 5.92 Å². The van der Waals surface area contributed by atoms with Gasteiger partial charge in [-0.15, -0.1) is 0 Å². The van der Waals surface area contributed by atoms with E-state index in [0.29, 0.717) is 19.0 Å². The molecule has 0 saturated carbocycles. The minimum atomic E-state index is -3.08. The van der Waals surface area contributed by atoms with Gasteiger partial charge in [-0.1, -0.05) is 18.6 Å². The molecule has 0 aromatic heterocycles. The summed E-state index contributed by atoms with van der Waals surface area (Å²) in [5, 5.41) is 10.3. The lowest BCUT2D eigenvalue weighted by Crippen LogP contribution is -2.36. The van der Waals surface area contributed by atoms with Crippen LogP contribution < -0.4 is 4.65 Å². The van der Waals surface area contributed by atoms with Crippen molar-refractivity contribution in [3.63, 3.8) is 0 Å². The third kappa shape index (κ3) is 6.25. The van der Waals surface area contributed by atoms with E-state index in [1.165, 1.54) is 6.42 Å². The number of ketones is 1. The Morgan fingerprint density at radius 2 is 2.03 bits per heavy atom. The maximum atomic E-state index is 13.1. The fraction of sp³-hybridized carbons (Fsp3) is 0.619. The predicted molar refractivity (Wildman–Crippen MR) is 108 cm³/mol. The van der Waals surface area contributed by atoms with Gasteiger partial charge in [-0.3, -0.25) is 9.69 Å². The van der Waals surface area contributed by atoms with Gasteiger partial charge in [0.15, 0.2) is 0 Å². The van der Waals surface area contributed by atoms with Crippen molar-refractivity contribution in [3.05, 3.63) is 29.3 Å². The summed E-state index contributed by atoms with van der Waals surface area (Å²) in [6.45, 7) is 3.66. The van der Waals surface area contributed by atoms with E-state index < -0.39 is 37.0 Å². The van der Waals surface area contributed by atoms with E-state index in [9.17, 15) is 23.4 Å². The van der Waals surface area contributed by atoms with Gasteiger partial charge in [-0.25, -0.2) is 13.6 Å². The lowest BCUT2D eigenvalue weighted by molar-refractivity contribution is -0.125. The number of nitrogens with zero attached hydrogens (tertiary/aromatic N) is 1. The second-order valence-electron chi connectivity index (χ2n) is 8.29. The number of likely N-dealkylation sites (tertiary alicyclic amines) is 1. The first-order chi connectivity index (χ1) is 14.2. The van der Waals surface area contributed by atoms with Gasteiger partial charge in [0.2, 0.25) is 0 Å². The molecule has 3 rings (SSSR count). The zero-order valence-corrected chi connectivity index (χ0v) is 17.2. The molecule has 30 heavy (non-hydrogen) atoms. The summed E-state index contributed by atoms with van der Waals surface area (Å²) in [7, 11) is -1.35. The zero-order chi connectivity index (χ0) is 21.7. The highest BCUT2D eigenvalue weighted by atomic mass is 19.3. The molecule has 164 valence electrons. The highest BCUT2D eigenvalue weighted by Crippen LogP contribution is 2.37. The van der Waals surface area contributed by atoms with E-state index in [0.717, 1.165) is 25.9 Å². The van der Waals surface area contributed by atoms with Crippen LogP contribution in [0.3, 0.4) is 0 Å². The Morgan fingerprint density at radius 3 is 2.73 bits per heavy atom. The van der Waals surface area contributed by atoms with Gasteiger partial charge in [-0.2, -0.15) is 0 Å². The lowest BCUT2D eigenvalue weighted by atomic mass is 9.64. The molecule has 1 aromatic carbocycles. The number of rotatable bonds is 8. The van der Waals surface area contributed by atoms with Crippen LogP contribution in [-0.4, -0.2) is 61.0 Å². The first kappa shape index (κ1) is 22.7. The molecule has 9 heteroatoms. The topological polar surface area (TPSA) is 76.1 Å². The van der Waals surface area contributed by atoms with E-state index in [2.05, 4.69) is 4.90 Å². The van der Waals surface area contributed by atoms with Crippen molar-refractivity contribution in [2.75, 3.05) is 26.2 Å². The number of ether oxygens (including phenoxy) is 1. The molecule has 1 aromatic rings. The van der Waals surface area contributed by atoms with Gasteiger partial charge < -0.3 is 14.4 Å². The SMILES string of the molecule is CC(F)(F)CC(=O)C[C@H]1Cc2cccc(C(=O)OCCN3CCCCC3)c2OB1O. The Labute approximate surface area is 175 Å². The molecule has 0 bridgehead atoms. The van der Waals surface area contributed by atoms with E-state index >= 15 is 0 Å². The normalized spacial score (nSPS) is 19.7. The van der Waals surface area contributed by atoms with Crippen molar-refractivity contribution in [1.29, 1.82) is 0 Å². The van der Waals surface area contributed by atoms with Crippen LogP contribution in [0.5, 0.6) is 5.75 Å². The molecule has 0 amide bonds. The molecule has 0 radical (unpaired) electrons. The fourth-order valence-electron chi connectivity index (χ4n) is 4.06. The second-order valence-corrected chi connectivity index (χ2v) is 8.29. The summed E-state index contributed by atoms with van der Waals surface area (Å²) in [4.78, 5) is 26.7. The summed E-state index contributed by atoms with van der Waals surface area (Å²) in [6.07, 6.45) is 2.73. The van der Waals surface area contributed by atoms with Crippen LogP contribution in [0.4, 0.5) is 8.78 Å². The second kappa shape index (κ2) is 9.87. The Balaban J connectivity index is 1.59. The molecule has 0 aliphatic carbocycles. The van der Waals surface area contributed by atoms with Crippen LogP contribution in [0, 0.1) is 0 Å². The number of Topliss-reactive ketones (excluding diaryl/α,β-unsaturated/α-hetero) is 1. The fourth-order valence-corrected chi connectivity index (χ4v) is 4.06. The summed E-state index contributed by atoms with van der Waals surface area (Å²) in [5.41, 5.74) is 0.863. The number of para-hydroxylation sites is 1. The number of esters is 1. The van der Waals surface area contributed by atoms with Gasteiger partial charge in [-0.05, 0) is 50.9 Å². The molecule has 2 aliphatic rings. The standard InChI is InChI=1S/C21H28BF2NO5/c1-21(23,24)14-17(26)13-16-12-15-6-5-7-18(19(15)30-22(16)28)20(27)29-11-10-25-8-3-2-4-9-25/h5-7,16,28H,2-4,8-14H2,1H3/t16-/m1/s1. The van der Waals surface area contributed by atoms with E-state index in [-0.39, 0.29) is 30.8 Å². The number of carbonyl (C=O) groups excluding carboxylic acids is 2. The predicted octanol–water partition coefficient (Wildman–Crippen LogP) is 3.12. The molecule has 0 unspecified atom stereocenters. The Morgan fingerprint density at radius 1 is 1.30 bits per heavy atom. The van der Waals surface area contributed by atoms with E-state index in [1.807, 2.05) is 0 Å². The van der Waals surface area contributed by atoms with Crippen molar-refractivity contribution in [3.8, 4) is 5.75 Å². The summed E-state index contributed by atoms with van der Waals surface area (Å²) in [6, 6.07) is 4.98. The van der Waals surface area contributed by atoms with Crippen molar-refractivity contribution < 1.29 is 32.8 Å². The van der Waals surface area contributed by atoms with Crippen LogP contribution in [-0.2, 0) is 16.0 Å². The maximum Gasteiger partial charge on any atom is 0.526 e. The lowest BCUT2D eigenvalue weighted by Gasteiger charge is -2.28. The first-order valence-corrected chi connectivity index (χ1v) is 10.5. The Bertz CT molecular complexity index is 764. The molecule has 1 atom stereocenters. The van der Waals surface area contributed by atoms with Crippen molar-refractivity contribution >= 4 is 18.9 Å². The highest BCUT2D eigenvalue weighted by molar-refractivity contribution is 6.47. The van der Waals surface area contributed by atoms with Gasteiger partial charge >= 0.3 is 13.1 Å². The largest absolute Gasteiger partial charge is 0.535 e. The van der Waals surface area contributed by atoms with Crippen LogP contribution in [0.15, 0.2) is 18.2 Å². The average molecular weight is 423 g/mol. The van der Waals surface area contributed by atoms with Gasteiger partial charge in [0, 0.05) is 18.8 Å². The summed E-state index contributed by atoms with van der Waals surface area (Å²) in [5.74, 6) is -4.65. The van der Waals surface area contributed by atoms with Gasteiger partial charge in [0.05, 0.1) is 6.42 Å². The van der Waals surface area contributed by atoms with Crippen LogP contribution in [0.2, 0.25) is 5.82 Å². The summed E-state index contributed by atoms with van der Waals surface area (Å²) >= 11 is 0. The number of carbonyl (C=O) groups is 2. The molecule has 1 saturated heterocycles. The van der Waals surface area contributed by atoms with Crippen molar-refractivity contribution in [2.45, 2.75) is 57.2 Å². The van der Waals surface area contributed by atoms with Crippen LogP contribution >= 0.6 is 0 Å². The molecule has 1 N–H and O–H groups in total. The van der Waals surface area contributed by atoms with Crippen LogP contribution in [0.25, 0.3) is 0 Å². The molecule has 6 nitrogen and oxygen atoms in total. The Kier molecular flexibility index (Phi) is 7.47. The first-order valence-electron chi connectivity index (χ1n) is 10.5. The van der Waals surface area contributed by atoms with E-state index in [1.54, 1.807) is 18.2 Å². The maximum absolute atomic E-state index is 13.1. The van der Waals surface area contributed by atoms with E-state index in [4.69, 9.17) is 9.39 Å². The number of hydrogen-bond donors (Lipinski definition) is 1. The van der Waals surface area contributed by atoms with Crippen molar-refractivity contribution in [2.24, 2.45) is 0 Å². The number of benzene rings is 1. The number of piperidine rings is 1. The highest BCUT2D eigenvalue weighted by Gasteiger charge is 2.39. The number of halogens is 2. The molecule has 1 fully saturated rings. The number of fused-ring (bicyclic) bond motifs is 1. The minimum Gasteiger partial charge on any atom is -0.535 e. The average Bonchev–Trinajstić information content (AvgIpc) is 2.67. The number of hydrogen-bond acceptors (Lipinski definition) is 6. The molecule has 2 heterocycles. The van der Waals surface area contributed by atoms with Crippen LogP contribution in [0.1, 0.15) is 54.9 Å². The smallest absolute Gasteiger partial charge is 0.526 e. The Hall–Kier alpha value is -2.00. The third-order valence-corrected chi connectivity index (χ3v) is 5.53.